The van der Waals surface area contributed by atoms with Gasteiger partial charge in [-0.3, -0.25) is 0 Å². The van der Waals surface area contributed by atoms with E-state index in [1.54, 1.807) is 7.11 Å². The van der Waals surface area contributed by atoms with E-state index in [1.165, 1.54) is 17.9 Å². The second kappa shape index (κ2) is 7.30. The molecule has 1 aliphatic rings. The number of thioether (sulfide) groups is 1. The standard InChI is InChI=1S/C10H20N2OS2/c1-9(8-13-2)11-10(14)12-4-3-6-15-7-5-12/h9H,3-8H2,1-2H3,(H,11,14). The van der Waals surface area contributed by atoms with Crippen LogP contribution in [-0.2, 0) is 4.74 Å². The molecule has 1 saturated heterocycles. The van der Waals surface area contributed by atoms with Crippen LogP contribution in [0.2, 0.25) is 0 Å². The highest BCUT2D eigenvalue weighted by Gasteiger charge is 2.13. The van der Waals surface area contributed by atoms with E-state index in [2.05, 4.69) is 17.1 Å². The maximum atomic E-state index is 5.37. The first-order chi connectivity index (χ1) is 7.24. The lowest BCUT2D eigenvalue weighted by molar-refractivity contribution is 0.178. The Morgan fingerprint density at radius 1 is 1.53 bits per heavy atom. The largest absolute Gasteiger partial charge is 0.383 e. The van der Waals surface area contributed by atoms with Gasteiger partial charge in [-0.2, -0.15) is 11.8 Å². The smallest absolute Gasteiger partial charge is 0.169 e. The highest BCUT2D eigenvalue weighted by atomic mass is 32.2. The van der Waals surface area contributed by atoms with Crippen LogP contribution < -0.4 is 5.32 Å². The minimum atomic E-state index is 0.290. The molecule has 1 fully saturated rings. The van der Waals surface area contributed by atoms with Crippen molar-refractivity contribution in [2.45, 2.75) is 19.4 Å². The first kappa shape index (κ1) is 13.1. The molecule has 0 aromatic carbocycles. The van der Waals surface area contributed by atoms with Crippen molar-refractivity contribution in [2.24, 2.45) is 0 Å². The molecule has 88 valence electrons. The van der Waals surface area contributed by atoms with Gasteiger partial charge in [-0.05, 0) is 31.3 Å². The number of hydrogen-bond donors (Lipinski definition) is 1. The number of hydrogen-bond acceptors (Lipinski definition) is 3. The van der Waals surface area contributed by atoms with E-state index < -0.39 is 0 Å². The molecule has 0 bridgehead atoms. The first-order valence-corrected chi connectivity index (χ1v) is 6.92. The SMILES string of the molecule is COCC(C)NC(=S)N1CCCSCC1. The number of ether oxygens (including phenoxy) is 1. The zero-order valence-corrected chi connectivity index (χ0v) is 11.1. The van der Waals surface area contributed by atoms with Crippen LogP contribution in [0.5, 0.6) is 0 Å². The summed E-state index contributed by atoms with van der Waals surface area (Å²) in [6.45, 7) is 4.93. The Balaban J connectivity index is 2.30. The quantitative estimate of drug-likeness (QED) is 0.760. The molecule has 1 heterocycles. The summed E-state index contributed by atoms with van der Waals surface area (Å²) in [5, 5.41) is 4.18. The number of rotatable bonds is 3. The van der Waals surface area contributed by atoms with Crippen LogP contribution in [0, 0.1) is 0 Å². The molecule has 1 atom stereocenters. The molecule has 0 amide bonds. The Morgan fingerprint density at radius 2 is 2.33 bits per heavy atom. The molecule has 1 aliphatic heterocycles. The Bertz CT molecular complexity index is 194. The predicted molar refractivity (Wildman–Crippen MR) is 70.6 cm³/mol. The fraction of sp³-hybridized carbons (Fsp3) is 0.900. The summed E-state index contributed by atoms with van der Waals surface area (Å²) in [5.74, 6) is 2.44. The van der Waals surface area contributed by atoms with Gasteiger partial charge in [0.25, 0.3) is 0 Å². The number of thiocarbonyl (C=S) groups is 1. The van der Waals surface area contributed by atoms with Gasteiger partial charge in [0.2, 0.25) is 0 Å². The normalized spacial score (nSPS) is 19.5. The van der Waals surface area contributed by atoms with Crippen LogP contribution in [0.3, 0.4) is 0 Å². The Morgan fingerprint density at radius 3 is 3.07 bits per heavy atom. The van der Waals surface area contributed by atoms with Crippen molar-refractivity contribution in [1.29, 1.82) is 0 Å². The maximum Gasteiger partial charge on any atom is 0.169 e. The van der Waals surface area contributed by atoms with E-state index in [1.807, 2.05) is 11.8 Å². The summed E-state index contributed by atoms with van der Waals surface area (Å²) in [7, 11) is 1.71. The van der Waals surface area contributed by atoms with Gasteiger partial charge in [0, 0.05) is 32.0 Å². The molecule has 1 rings (SSSR count). The van der Waals surface area contributed by atoms with Crippen molar-refractivity contribution in [3.63, 3.8) is 0 Å². The number of nitrogens with zero attached hydrogens (tertiary/aromatic N) is 1. The van der Waals surface area contributed by atoms with Gasteiger partial charge >= 0.3 is 0 Å². The zero-order valence-electron chi connectivity index (χ0n) is 9.49. The third kappa shape index (κ3) is 5.04. The average Bonchev–Trinajstić information content (AvgIpc) is 2.45. The van der Waals surface area contributed by atoms with E-state index in [0.717, 1.165) is 18.2 Å². The molecule has 0 aromatic heterocycles. The molecule has 1 N–H and O–H groups in total. The number of methoxy groups -OCH3 is 1. The van der Waals surface area contributed by atoms with Crippen molar-refractivity contribution in [3.05, 3.63) is 0 Å². The molecule has 3 nitrogen and oxygen atoms in total. The molecular weight excluding hydrogens is 228 g/mol. The molecule has 15 heavy (non-hydrogen) atoms. The van der Waals surface area contributed by atoms with Gasteiger partial charge in [-0.15, -0.1) is 0 Å². The van der Waals surface area contributed by atoms with E-state index >= 15 is 0 Å². The highest BCUT2D eigenvalue weighted by Crippen LogP contribution is 2.10. The van der Waals surface area contributed by atoms with Crippen LogP contribution in [0.25, 0.3) is 0 Å². The maximum absolute atomic E-state index is 5.37. The lowest BCUT2D eigenvalue weighted by Crippen LogP contribution is -2.45. The fourth-order valence-electron chi connectivity index (χ4n) is 1.54. The van der Waals surface area contributed by atoms with E-state index in [0.29, 0.717) is 12.6 Å². The summed E-state index contributed by atoms with van der Waals surface area (Å²) in [6.07, 6.45) is 1.23. The highest BCUT2D eigenvalue weighted by molar-refractivity contribution is 7.99. The van der Waals surface area contributed by atoms with E-state index in [-0.39, 0.29) is 0 Å². The summed E-state index contributed by atoms with van der Waals surface area (Å²) in [6, 6.07) is 0.290. The Hall–Kier alpha value is 0. The second-order valence-electron chi connectivity index (χ2n) is 3.76. The second-order valence-corrected chi connectivity index (χ2v) is 5.37. The van der Waals surface area contributed by atoms with Gasteiger partial charge in [0.15, 0.2) is 5.11 Å². The van der Waals surface area contributed by atoms with Crippen molar-refractivity contribution < 1.29 is 4.74 Å². The van der Waals surface area contributed by atoms with Crippen molar-refractivity contribution >= 4 is 29.1 Å². The third-order valence-electron chi connectivity index (χ3n) is 2.30. The van der Waals surface area contributed by atoms with Crippen LogP contribution >= 0.6 is 24.0 Å². The lowest BCUT2D eigenvalue weighted by Gasteiger charge is -2.26. The van der Waals surface area contributed by atoms with Crippen molar-refractivity contribution in [3.8, 4) is 0 Å². The number of nitrogens with one attached hydrogen (secondary N) is 1. The molecule has 0 spiro atoms. The van der Waals surface area contributed by atoms with Crippen molar-refractivity contribution in [2.75, 3.05) is 38.3 Å². The van der Waals surface area contributed by atoms with Gasteiger partial charge in [-0.1, -0.05) is 0 Å². The molecule has 0 saturated carbocycles. The lowest BCUT2D eigenvalue weighted by atomic mass is 10.3. The van der Waals surface area contributed by atoms with Gasteiger partial charge < -0.3 is 15.0 Å². The van der Waals surface area contributed by atoms with Gasteiger partial charge in [0.1, 0.15) is 0 Å². The van der Waals surface area contributed by atoms with Crippen LogP contribution in [0.4, 0.5) is 0 Å². The van der Waals surface area contributed by atoms with E-state index in [4.69, 9.17) is 17.0 Å². The average molecular weight is 248 g/mol. The third-order valence-corrected chi connectivity index (χ3v) is 3.72. The molecule has 0 aliphatic carbocycles. The zero-order chi connectivity index (χ0) is 11.1. The monoisotopic (exact) mass is 248 g/mol. The van der Waals surface area contributed by atoms with Gasteiger partial charge in [-0.25, -0.2) is 0 Å². The van der Waals surface area contributed by atoms with Crippen LogP contribution in [0.1, 0.15) is 13.3 Å². The minimum Gasteiger partial charge on any atom is -0.383 e. The predicted octanol–water partition coefficient (Wildman–Crippen LogP) is 1.33. The molecule has 1 unspecified atom stereocenters. The minimum absolute atomic E-state index is 0.290. The van der Waals surface area contributed by atoms with Crippen molar-refractivity contribution in [1.82, 2.24) is 10.2 Å². The summed E-state index contributed by atoms with van der Waals surface area (Å²) < 4.78 is 5.07. The molecular formula is C10H20N2OS2. The molecule has 0 aromatic rings. The van der Waals surface area contributed by atoms with Gasteiger partial charge in [0.05, 0.1) is 6.61 Å². The van der Waals surface area contributed by atoms with E-state index in [9.17, 15) is 0 Å². The molecule has 5 heteroatoms. The topological polar surface area (TPSA) is 24.5 Å². The summed E-state index contributed by atoms with van der Waals surface area (Å²) >= 11 is 7.39. The van der Waals surface area contributed by atoms with Crippen LogP contribution in [0.15, 0.2) is 0 Å². The fourth-order valence-corrected chi connectivity index (χ4v) is 2.81. The summed E-state index contributed by atoms with van der Waals surface area (Å²) in [5.41, 5.74) is 0. The Labute approximate surface area is 102 Å². The van der Waals surface area contributed by atoms with Crippen LogP contribution in [-0.4, -0.2) is 54.4 Å². The summed E-state index contributed by atoms with van der Waals surface area (Å²) in [4.78, 5) is 2.27. The Kier molecular flexibility index (Phi) is 6.36. The first-order valence-electron chi connectivity index (χ1n) is 5.36. The molecule has 0 radical (unpaired) electrons.